The Kier molecular flexibility index (Phi) is 4.51. The van der Waals surface area contributed by atoms with Gasteiger partial charge in [0, 0.05) is 30.2 Å². The molecule has 0 bridgehead atoms. The molecule has 0 fully saturated rings. The summed E-state index contributed by atoms with van der Waals surface area (Å²) >= 11 is 0. The van der Waals surface area contributed by atoms with E-state index in [9.17, 15) is 0 Å². The predicted molar refractivity (Wildman–Crippen MR) is 49.4 cm³/mol. The maximum Gasteiger partial charge on any atom is 0.0278 e. The summed E-state index contributed by atoms with van der Waals surface area (Å²) in [6.45, 7) is 0. The van der Waals surface area contributed by atoms with Gasteiger partial charge in [-0.1, -0.05) is 0 Å². The van der Waals surface area contributed by atoms with Crippen LogP contribution in [0.1, 0.15) is 11.4 Å². The van der Waals surface area contributed by atoms with Crippen molar-refractivity contribution in [3.63, 3.8) is 0 Å². The first-order valence-electron chi connectivity index (χ1n) is 3.70. The van der Waals surface area contributed by atoms with Crippen LogP contribution in [0, 0.1) is 0 Å². The highest BCUT2D eigenvalue weighted by molar-refractivity contribution is 5.15. The number of rotatable bonds is 2. The summed E-state index contributed by atoms with van der Waals surface area (Å²) in [5, 5.41) is 0. The Morgan fingerprint density at radius 3 is 1.62 bits per heavy atom. The lowest BCUT2D eigenvalue weighted by Gasteiger charge is -1.92. The van der Waals surface area contributed by atoms with Crippen LogP contribution in [0.3, 0.4) is 0 Å². The van der Waals surface area contributed by atoms with Crippen LogP contribution in [0.2, 0.25) is 0 Å². The van der Waals surface area contributed by atoms with Gasteiger partial charge in [-0.3, -0.25) is 9.41 Å². The van der Waals surface area contributed by atoms with Crippen molar-refractivity contribution < 1.29 is 9.41 Å². The van der Waals surface area contributed by atoms with E-state index < -0.39 is 0 Å². The molecule has 13 heavy (non-hydrogen) atoms. The highest BCUT2D eigenvalue weighted by Gasteiger charge is 1.94. The van der Waals surface area contributed by atoms with E-state index in [1.165, 1.54) is 11.4 Å². The summed E-state index contributed by atoms with van der Waals surface area (Å²) in [5.74, 6) is 0. The first kappa shape index (κ1) is 11.4. The predicted octanol–water partition coefficient (Wildman–Crippen LogP) is 2.24. The lowest BCUT2D eigenvalue weighted by molar-refractivity contribution is 1.05. The van der Waals surface area contributed by atoms with Crippen molar-refractivity contribution in [3.05, 3.63) is 48.0 Å². The number of hydrogen-bond donors (Lipinski definition) is 2. The Bertz CT molecular complexity index is 268. The molecular weight excluding hydrogens is 174 g/mol. The number of aromatic amines is 2. The number of aromatic nitrogens is 2. The monoisotopic (exact) mass is 186 g/mol. The molecule has 0 unspecified atom stereocenters. The number of nitrogens with one attached hydrogen (secondary N) is 2. The highest BCUT2D eigenvalue weighted by atomic mass is 19.0. The third-order valence-corrected chi connectivity index (χ3v) is 1.71. The fraction of sp³-hybridized carbons (Fsp3) is 0.111. The average molecular weight is 186 g/mol. The Hall–Kier alpha value is -1.58. The van der Waals surface area contributed by atoms with Gasteiger partial charge in [0.05, 0.1) is 0 Å². The van der Waals surface area contributed by atoms with Gasteiger partial charge in [0.1, 0.15) is 0 Å². The van der Waals surface area contributed by atoms with Gasteiger partial charge in [0.2, 0.25) is 0 Å². The fourth-order valence-electron chi connectivity index (χ4n) is 1.16. The van der Waals surface area contributed by atoms with Crippen molar-refractivity contribution in [3.8, 4) is 0 Å². The molecule has 0 aliphatic rings. The number of halogens is 2. The Morgan fingerprint density at radius 1 is 0.846 bits per heavy atom. The molecule has 0 atom stereocenters. The maximum atomic E-state index is 3.16. The Balaban J connectivity index is 0.000000720. The summed E-state index contributed by atoms with van der Waals surface area (Å²) in [7, 11) is 0. The third-order valence-electron chi connectivity index (χ3n) is 1.71. The zero-order valence-electron chi connectivity index (χ0n) is 6.99. The molecule has 2 N–H and O–H groups in total. The van der Waals surface area contributed by atoms with Crippen molar-refractivity contribution in [2.45, 2.75) is 6.42 Å². The first-order chi connectivity index (χ1) is 5.45. The second-order valence-corrected chi connectivity index (χ2v) is 2.57. The lowest BCUT2D eigenvalue weighted by Crippen LogP contribution is -1.86. The molecule has 4 heteroatoms. The van der Waals surface area contributed by atoms with Gasteiger partial charge >= 0.3 is 0 Å². The zero-order chi connectivity index (χ0) is 7.52. The van der Waals surface area contributed by atoms with Gasteiger partial charge in [-0.05, 0) is 24.3 Å². The van der Waals surface area contributed by atoms with Crippen LogP contribution < -0.4 is 0 Å². The van der Waals surface area contributed by atoms with Crippen molar-refractivity contribution >= 4 is 0 Å². The minimum atomic E-state index is 0. The van der Waals surface area contributed by atoms with E-state index >= 15 is 0 Å². The molecule has 0 saturated heterocycles. The fourth-order valence-corrected chi connectivity index (χ4v) is 1.16. The third kappa shape index (κ3) is 2.74. The van der Waals surface area contributed by atoms with E-state index in [1.807, 2.05) is 24.5 Å². The summed E-state index contributed by atoms with van der Waals surface area (Å²) < 4.78 is 0. The van der Waals surface area contributed by atoms with Gasteiger partial charge in [0.25, 0.3) is 0 Å². The van der Waals surface area contributed by atoms with E-state index in [0.29, 0.717) is 0 Å². The van der Waals surface area contributed by atoms with Crippen LogP contribution in [0.5, 0.6) is 0 Å². The first-order valence-corrected chi connectivity index (χ1v) is 3.70. The van der Waals surface area contributed by atoms with E-state index in [1.54, 1.807) is 0 Å². The molecule has 0 aliphatic carbocycles. The van der Waals surface area contributed by atoms with Crippen molar-refractivity contribution in [1.29, 1.82) is 0 Å². The number of hydrogen-bond acceptors (Lipinski definition) is 0. The minimum absolute atomic E-state index is 0. The van der Waals surface area contributed by atoms with Crippen LogP contribution >= 0.6 is 0 Å². The SMILES string of the molecule is F.F.c1c[nH]c(Cc2ccc[nH]2)c1. The highest BCUT2D eigenvalue weighted by Crippen LogP contribution is 2.03. The van der Waals surface area contributed by atoms with Crippen LogP contribution in [0.4, 0.5) is 9.41 Å². The molecular formula is C9H12F2N2. The minimum Gasteiger partial charge on any atom is -0.365 e. The van der Waals surface area contributed by atoms with Crippen molar-refractivity contribution in [2.24, 2.45) is 0 Å². The second-order valence-electron chi connectivity index (χ2n) is 2.57. The molecule has 0 radical (unpaired) electrons. The molecule has 0 saturated carbocycles. The molecule has 0 aliphatic heterocycles. The molecule has 72 valence electrons. The lowest BCUT2D eigenvalue weighted by atomic mass is 10.2. The van der Waals surface area contributed by atoms with Gasteiger partial charge in [-0.15, -0.1) is 0 Å². The van der Waals surface area contributed by atoms with Crippen molar-refractivity contribution in [1.82, 2.24) is 9.97 Å². The molecule has 0 aromatic carbocycles. The second kappa shape index (κ2) is 5.13. The standard InChI is InChI=1S/C9H10N2.2FH/c1-3-8(10-5-1)7-9-4-2-6-11-9;;/h1-6,10-11H,7H2;2*1H. The molecule has 2 heterocycles. The molecule has 2 nitrogen and oxygen atoms in total. The Morgan fingerprint density at radius 2 is 1.31 bits per heavy atom. The molecule has 0 spiro atoms. The van der Waals surface area contributed by atoms with Gasteiger partial charge in [0.15, 0.2) is 0 Å². The molecule has 2 aromatic heterocycles. The number of H-pyrrole nitrogens is 2. The summed E-state index contributed by atoms with van der Waals surface area (Å²) in [4.78, 5) is 6.31. The van der Waals surface area contributed by atoms with Crippen LogP contribution in [0.15, 0.2) is 36.7 Å². The summed E-state index contributed by atoms with van der Waals surface area (Å²) in [6.07, 6.45) is 4.84. The van der Waals surface area contributed by atoms with E-state index in [-0.39, 0.29) is 9.41 Å². The average Bonchev–Trinajstić information content (AvgIpc) is 2.60. The summed E-state index contributed by atoms with van der Waals surface area (Å²) in [5.41, 5.74) is 2.49. The van der Waals surface area contributed by atoms with Crippen LogP contribution in [-0.2, 0) is 6.42 Å². The van der Waals surface area contributed by atoms with Crippen LogP contribution in [0.25, 0.3) is 0 Å². The van der Waals surface area contributed by atoms with E-state index in [0.717, 1.165) is 6.42 Å². The Labute approximate surface area is 74.7 Å². The zero-order valence-corrected chi connectivity index (χ0v) is 6.99. The largest absolute Gasteiger partial charge is 0.365 e. The molecule has 2 rings (SSSR count). The molecule has 2 aromatic rings. The normalized spacial score (nSPS) is 8.62. The van der Waals surface area contributed by atoms with E-state index in [2.05, 4.69) is 22.1 Å². The van der Waals surface area contributed by atoms with E-state index in [4.69, 9.17) is 0 Å². The summed E-state index contributed by atoms with van der Waals surface area (Å²) in [6, 6.07) is 8.19. The smallest absolute Gasteiger partial charge is 0.0278 e. The molecule has 0 amide bonds. The van der Waals surface area contributed by atoms with Crippen LogP contribution in [-0.4, -0.2) is 9.97 Å². The topological polar surface area (TPSA) is 31.6 Å². The van der Waals surface area contributed by atoms with Gasteiger partial charge in [-0.25, -0.2) is 0 Å². The van der Waals surface area contributed by atoms with Crippen molar-refractivity contribution in [2.75, 3.05) is 0 Å². The quantitative estimate of drug-likeness (QED) is 0.720. The maximum absolute atomic E-state index is 3.16. The van der Waals surface area contributed by atoms with Gasteiger partial charge < -0.3 is 9.97 Å². The van der Waals surface area contributed by atoms with Gasteiger partial charge in [-0.2, -0.15) is 0 Å².